The van der Waals surface area contributed by atoms with Crippen LogP contribution in [0.25, 0.3) is 0 Å². The van der Waals surface area contributed by atoms with Crippen LogP contribution < -0.4 is 0 Å². The molecule has 1 aromatic heterocycles. The van der Waals surface area contributed by atoms with Crippen molar-refractivity contribution in [1.29, 1.82) is 0 Å². The lowest BCUT2D eigenvalue weighted by atomic mass is 9.99. The summed E-state index contributed by atoms with van der Waals surface area (Å²) in [7, 11) is 0. The minimum Gasteiger partial charge on any atom is -0.337 e. The lowest BCUT2D eigenvalue weighted by Gasteiger charge is -2.34. The number of nitrogens with zero attached hydrogens (tertiary/aromatic N) is 3. The molecule has 1 aliphatic heterocycles. The summed E-state index contributed by atoms with van der Waals surface area (Å²) < 4.78 is 2.14. The van der Waals surface area contributed by atoms with Crippen LogP contribution in [-0.2, 0) is 6.54 Å². The molecule has 1 saturated heterocycles. The van der Waals surface area contributed by atoms with Gasteiger partial charge in [0.1, 0.15) is 0 Å². The smallest absolute Gasteiger partial charge is 0.0945 e. The Morgan fingerprint density at radius 1 is 1.44 bits per heavy atom. The molecule has 90 valence electrons. The second kappa shape index (κ2) is 5.69. The number of halogens is 1. The fraction of sp³-hybridized carbons (Fsp3) is 0.750. The molecule has 0 spiro atoms. The zero-order chi connectivity index (χ0) is 11.4. The molecule has 1 aromatic rings. The maximum atomic E-state index is 6.21. The topological polar surface area (TPSA) is 21.1 Å². The predicted octanol–water partition coefficient (Wildman–Crippen LogP) is 2.22. The average molecular weight is 242 g/mol. The largest absolute Gasteiger partial charge is 0.337 e. The highest BCUT2D eigenvalue weighted by molar-refractivity contribution is 6.20. The van der Waals surface area contributed by atoms with Gasteiger partial charge in [0.2, 0.25) is 0 Å². The maximum Gasteiger partial charge on any atom is 0.0945 e. The molecule has 4 heteroatoms. The number of rotatable bonds is 4. The quantitative estimate of drug-likeness (QED) is 0.754. The first-order valence-electron chi connectivity index (χ1n) is 6.08. The molecule has 2 atom stereocenters. The Balaban J connectivity index is 1.67. The van der Waals surface area contributed by atoms with Gasteiger partial charge in [0.25, 0.3) is 0 Å². The first kappa shape index (κ1) is 11.9. The molecule has 0 amide bonds. The molecule has 0 aromatic carbocycles. The summed E-state index contributed by atoms with van der Waals surface area (Å²) in [5.41, 5.74) is 0. The Hall–Kier alpha value is -0.540. The van der Waals surface area contributed by atoms with Crippen LogP contribution in [0.15, 0.2) is 18.7 Å². The predicted molar refractivity (Wildman–Crippen MR) is 66.7 cm³/mol. The third-order valence-corrected chi connectivity index (χ3v) is 3.98. The molecule has 0 radical (unpaired) electrons. The van der Waals surface area contributed by atoms with E-state index in [1.54, 1.807) is 0 Å². The third kappa shape index (κ3) is 3.22. The molecule has 0 saturated carbocycles. The van der Waals surface area contributed by atoms with E-state index in [4.69, 9.17) is 11.6 Å². The van der Waals surface area contributed by atoms with Crippen LogP contribution in [0.4, 0.5) is 0 Å². The molecule has 2 heterocycles. The zero-order valence-electron chi connectivity index (χ0n) is 9.85. The number of aromatic nitrogens is 2. The molecule has 0 N–H and O–H groups in total. The molecular formula is C12H20ClN3. The normalized spacial score (nSPS) is 27.1. The third-order valence-electron chi connectivity index (χ3n) is 3.33. The Morgan fingerprint density at radius 3 is 3.00 bits per heavy atom. The minimum atomic E-state index is 0.380. The van der Waals surface area contributed by atoms with Crippen molar-refractivity contribution in [1.82, 2.24) is 14.5 Å². The number of piperidine rings is 1. The minimum absolute atomic E-state index is 0.380. The SMILES string of the molecule is CC1CN(CCCn2ccnc2)CCC1Cl. The lowest BCUT2D eigenvalue weighted by molar-refractivity contribution is 0.183. The Kier molecular flexibility index (Phi) is 4.24. The Labute approximate surface area is 102 Å². The van der Waals surface area contributed by atoms with Crippen LogP contribution in [0.2, 0.25) is 0 Å². The van der Waals surface area contributed by atoms with Gasteiger partial charge in [0.15, 0.2) is 0 Å². The summed E-state index contributed by atoms with van der Waals surface area (Å²) in [6.07, 6.45) is 8.06. The van der Waals surface area contributed by atoms with Crippen molar-refractivity contribution in [2.24, 2.45) is 5.92 Å². The van der Waals surface area contributed by atoms with Crippen LogP contribution in [0.1, 0.15) is 19.8 Å². The van der Waals surface area contributed by atoms with Crippen molar-refractivity contribution in [2.75, 3.05) is 19.6 Å². The van der Waals surface area contributed by atoms with Gasteiger partial charge in [-0.2, -0.15) is 0 Å². The van der Waals surface area contributed by atoms with Gasteiger partial charge in [-0.1, -0.05) is 6.92 Å². The summed E-state index contributed by atoms with van der Waals surface area (Å²) in [4.78, 5) is 6.57. The van der Waals surface area contributed by atoms with Crippen molar-refractivity contribution >= 4 is 11.6 Å². The molecule has 1 aliphatic rings. The maximum absolute atomic E-state index is 6.21. The molecule has 3 nitrogen and oxygen atoms in total. The lowest BCUT2D eigenvalue weighted by Crippen LogP contribution is -2.40. The monoisotopic (exact) mass is 241 g/mol. The van der Waals surface area contributed by atoms with Crippen molar-refractivity contribution in [3.63, 3.8) is 0 Å². The van der Waals surface area contributed by atoms with Crippen LogP contribution >= 0.6 is 11.6 Å². The van der Waals surface area contributed by atoms with Crippen molar-refractivity contribution in [3.8, 4) is 0 Å². The van der Waals surface area contributed by atoms with Gasteiger partial charge in [-0.05, 0) is 31.8 Å². The second-order valence-corrected chi connectivity index (χ2v) is 5.30. The molecular weight excluding hydrogens is 222 g/mol. The fourth-order valence-electron chi connectivity index (χ4n) is 2.30. The van der Waals surface area contributed by atoms with Gasteiger partial charge >= 0.3 is 0 Å². The van der Waals surface area contributed by atoms with Gasteiger partial charge in [-0.3, -0.25) is 0 Å². The molecule has 0 bridgehead atoms. The van der Waals surface area contributed by atoms with Gasteiger partial charge in [0.05, 0.1) is 6.33 Å². The number of hydrogen-bond acceptors (Lipinski definition) is 2. The van der Waals surface area contributed by atoms with Crippen molar-refractivity contribution in [2.45, 2.75) is 31.7 Å². The first-order valence-corrected chi connectivity index (χ1v) is 6.51. The summed E-state index contributed by atoms with van der Waals surface area (Å²) in [5.74, 6) is 0.628. The number of imidazole rings is 1. The van der Waals surface area contributed by atoms with E-state index in [-0.39, 0.29) is 0 Å². The van der Waals surface area contributed by atoms with E-state index >= 15 is 0 Å². The van der Waals surface area contributed by atoms with Crippen LogP contribution in [-0.4, -0.2) is 39.5 Å². The Morgan fingerprint density at radius 2 is 2.31 bits per heavy atom. The van der Waals surface area contributed by atoms with Crippen LogP contribution in [0.3, 0.4) is 0 Å². The summed E-state index contributed by atoms with van der Waals surface area (Å²) >= 11 is 6.21. The number of hydrogen-bond donors (Lipinski definition) is 0. The summed E-state index contributed by atoms with van der Waals surface area (Å²) in [6, 6.07) is 0. The van der Waals surface area contributed by atoms with E-state index in [1.807, 2.05) is 18.7 Å². The van der Waals surface area contributed by atoms with Gasteiger partial charge < -0.3 is 9.47 Å². The van der Waals surface area contributed by atoms with Crippen LogP contribution in [0.5, 0.6) is 0 Å². The molecule has 2 rings (SSSR count). The van der Waals surface area contributed by atoms with Gasteiger partial charge in [-0.15, -0.1) is 11.6 Å². The zero-order valence-corrected chi connectivity index (χ0v) is 10.6. The average Bonchev–Trinajstić information content (AvgIpc) is 2.76. The van der Waals surface area contributed by atoms with E-state index in [1.165, 1.54) is 13.0 Å². The second-order valence-electron chi connectivity index (χ2n) is 4.74. The number of aryl methyl sites for hydroxylation is 1. The van der Waals surface area contributed by atoms with E-state index in [0.29, 0.717) is 11.3 Å². The highest BCUT2D eigenvalue weighted by Gasteiger charge is 2.23. The van der Waals surface area contributed by atoms with E-state index in [2.05, 4.69) is 21.4 Å². The molecule has 0 aliphatic carbocycles. The molecule has 1 fully saturated rings. The number of alkyl halides is 1. The van der Waals surface area contributed by atoms with Crippen LogP contribution in [0, 0.1) is 5.92 Å². The van der Waals surface area contributed by atoms with Gasteiger partial charge in [0, 0.05) is 30.9 Å². The summed E-state index contributed by atoms with van der Waals surface area (Å²) in [6.45, 7) is 6.79. The molecule has 16 heavy (non-hydrogen) atoms. The highest BCUT2D eigenvalue weighted by Crippen LogP contribution is 2.21. The highest BCUT2D eigenvalue weighted by atomic mass is 35.5. The van der Waals surface area contributed by atoms with Crippen molar-refractivity contribution in [3.05, 3.63) is 18.7 Å². The fourth-order valence-corrected chi connectivity index (χ4v) is 2.48. The summed E-state index contributed by atoms with van der Waals surface area (Å²) in [5, 5.41) is 0.380. The van der Waals surface area contributed by atoms with Crippen molar-refractivity contribution < 1.29 is 0 Å². The standard InChI is InChI=1S/C12H20ClN3/c1-11-9-15(7-3-12(11)13)5-2-6-16-8-4-14-10-16/h4,8,10-12H,2-3,5-7,9H2,1H3. The number of likely N-dealkylation sites (tertiary alicyclic amines) is 1. The first-order chi connectivity index (χ1) is 7.75. The van der Waals surface area contributed by atoms with E-state index in [9.17, 15) is 0 Å². The van der Waals surface area contributed by atoms with Gasteiger partial charge in [-0.25, -0.2) is 4.98 Å². The molecule has 2 unspecified atom stereocenters. The van der Waals surface area contributed by atoms with E-state index in [0.717, 1.165) is 26.1 Å². The van der Waals surface area contributed by atoms with E-state index < -0.39 is 0 Å². The Bertz CT molecular complexity index is 299.